The predicted molar refractivity (Wildman–Crippen MR) is 127 cm³/mol. The number of benzene rings is 3. The highest BCUT2D eigenvalue weighted by atomic mass is 32.1. The highest BCUT2D eigenvalue weighted by molar-refractivity contribution is 7.13. The molecule has 1 heterocycles. The summed E-state index contributed by atoms with van der Waals surface area (Å²) in [5.74, 6) is 0.405. The number of hydrogen-bond acceptors (Lipinski definition) is 4. The van der Waals surface area contributed by atoms with Gasteiger partial charge in [0.15, 0.2) is 5.78 Å². The van der Waals surface area contributed by atoms with E-state index in [1.165, 1.54) is 5.56 Å². The third kappa shape index (κ3) is 4.18. The van der Waals surface area contributed by atoms with E-state index in [9.17, 15) is 9.90 Å². The Morgan fingerprint density at radius 2 is 1.74 bits per heavy atom. The largest absolute Gasteiger partial charge is 0.496 e. The molecule has 0 bridgehead atoms. The molecule has 0 radical (unpaired) electrons. The van der Waals surface area contributed by atoms with E-state index in [1.54, 1.807) is 42.7 Å². The van der Waals surface area contributed by atoms with E-state index < -0.39 is 6.10 Å². The zero-order valence-corrected chi connectivity index (χ0v) is 18.6. The van der Waals surface area contributed by atoms with Gasteiger partial charge in [0.2, 0.25) is 0 Å². The number of aliphatic hydroxyl groups is 1. The summed E-state index contributed by atoms with van der Waals surface area (Å²) in [7, 11) is 1.60. The minimum absolute atomic E-state index is 0.321. The Bertz CT molecular complexity index is 1220. The van der Waals surface area contributed by atoms with Crippen molar-refractivity contribution >= 4 is 17.1 Å². The molecule has 0 aliphatic carbocycles. The van der Waals surface area contributed by atoms with Crippen molar-refractivity contribution in [1.29, 1.82) is 0 Å². The number of carbonyl (C=O) groups is 1. The molecule has 1 unspecified atom stereocenters. The molecule has 0 saturated heterocycles. The summed E-state index contributed by atoms with van der Waals surface area (Å²) in [6.45, 7) is 3.96. The fraction of sp³-hybridized carbons (Fsp3) is 0.148. The zero-order valence-electron chi connectivity index (χ0n) is 17.8. The van der Waals surface area contributed by atoms with Crippen LogP contribution in [0, 0.1) is 13.8 Å². The molecule has 1 atom stereocenters. The number of ether oxygens (including phenoxy) is 1. The van der Waals surface area contributed by atoms with E-state index >= 15 is 0 Å². The van der Waals surface area contributed by atoms with E-state index in [2.05, 4.69) is 18.4 Å². The average Bonchev–Trinajstić information content (AvgIpc) is 3.24. The Morgan fingerprint density at radius 1 is 0.968 bits per heavy atom. The molecule has 0 amide bonds. The maximum Gasteiger partial charge on any atom is 0.196 e. The Kier molecular flexibility index (Phi) is 6.03. The number of aliphatic hydroxyl groups excluding tert-OH is 1. The van der Waals surface area contributed by atoms with Crippen molar-refractivity contribution in [3.05, 3.63) is 100 Å². The first-order valence-electron chi connectivity index (χ1n) is 10.1. The summed E-state index contributed by atoms with van der Waals surface area (Å²) in [6, 6.07) is 23.1. The third-order valence-electron chi connectivity index (χ3n) is 5.37. The number of hydrogen-bond donors (Lipinski definition) is 1. The second-order valence-electron chi connectivity index (χ2n) is 7.58. The fourth-order valence-electron chi connectivity index (χ4n) is 3.82. The van der Waals surface area contributed by atoms with Gasteiger partial charge >= 0.3 is 0 Å². The molecule has 156 valence electrons. The number of ketones is 1. The van der Waals surface area contributed by atoms with Crippen LogP contribution in [-0.2, 0) is 0 Å². The quantitative estimate of drug-likeness (QED) is 0.351. The summed E-state index contributed by atoms with van der Waals surface area (Å²) in [6.07, 6.45) is -1.26. The topological polar surface area (TPSA) is 46.5 Å². The number of methoxy groups -OCH3 is 1. The molecule has 4 aromatic rings. The van der Waals surface area contributed by atoms with Crippen molar-refractivity contribution < 1.29 is 14.6 Å². The van der Waals surface area contributed by atoms with Crippen molar-refractivity contribution in [2.75, 3.05) is 7.11 Å². The van der Waals surface area contributed by atoms with Gasteiger partial charge < -0.3 is 9.84 Å². The number of thiophene rings is 1. The van der Waals surface area contributed by atoms with Gasteiger partial charge in [-0.2, -0.15) is 0 Å². The van der Waals surface area contributed by atoms with Gasteiger partial charge in [-0.15, -0.1) is 11.3 Å². The van der Waals surface area contributed by atoms with Gasteiger partial charge in [0, 0.05) is 21.6 Å². The van der Waals surface area contributed by atoms with Gasteiger partial charge in [-0.25, -0.2) is 0 Å². The summed E-state index contributed by atoms with van der Waals surface area (Å²) in [5, 5.41) is 13.1. The third-order valence-corrected chi connectivity index (χ3v) is 6.45. The molecular weight excluding hydrogens is 404 g/mol. The van der Waals surface area contributed by atoms with Gasteiger partial charge in [0.05, 0.1) is 7.11 Å². The van der Waals surface area contributed by atoms with Crippen LogP contribution >= 0.6 is 11.3 Å². The van der Waals surface area contributed by atoms with Crippen LogP contribution < -0.4 is 4.74 Å². The number of aryl methyl sites for hydroxylation is 2. The van der Waals surface area contributed by atoms with Crippen molar-refractivity contribution in [2.45, 2.75) is 20.0 Å². The Balaban J connectivity index is 1.84. The SMILES string of the molecule is COc1ccc(C(O)C(=O)c2cccc(-c3cc(C)cs3)c2-c2ccccc2)cc1C. The molecule has 0 spiro atoms. The van der Waals surface area contributed by atoms with Crippen LogP contribution in [-0.4, -0.2) is 18.0 Å². The van der Waals surface area contributed by atoms with Gasteiger partial charge in [-0.3, -0.25) is 4.79 Å². The molecule has 31 heavy (non-hydrogen) atoms. The minimum Gasteiger partial charge on any atom is -0.496 e. The minimum atomic E-state index is -1.26. The van der Waals surface area contributed by atoms with Crippen molar-refractivity contribution in [3.63, 3.8) is 0 Å². The van der Waals surface area contributed by atoms with Gasteiger partial charge in [0.1, 0.15) is 11.9 Å². The first kappa shape index (κ1) is 21.0. The lowest BCUT2D eigenvalue weighted by atomic mass is 9.88. The number of carbonyl (C=O) groups excluding carboxylic acids is 1. The highest BCUT2D eigenvalue weighted by Crippen LogP contribution is 2.39. The molecule has 3 nitrogen and oxygen atoms in total. The lowest BCUT2D eigenvalue weighted by molar-refractivity contribution is 0.0748. The normalized spacial score (nSPS) is 11.9. The van der Waals surface area contributed by atoms with Crippen LogP contribution in [0.25, 0.3) is 21.6 Å². The lowest BCUT2D eigenvalue weighted by Gasteiger charge is -2.17. The number of rotatable bonds is 6. The van der Waals surface area contributed by atoms with Gasteiger partial charge in [-0.1, -0.05) is 54.6 Å². The first-order chi connectivity index (χ1) is 15.0. The Hall–Kier alpha value is -3.21. The van der Waals surface area contributed by atoms with Crippen LogP contribution in [0.5, 0.6) is 5.75 Å². The second-order valence-corrected chi connectivity index (χ2v) is 8.49. The molecule has 1 aromatic heterocycles. The van der Waals surface area contributed by atoms with Crippen molar-refractivity contribution in [1.82, 2.24) is 0 Å². The van der Waals surface area contributed by atoms with Gasteiger partial charge in [0.25, 0.3) is 0 Å². The maximum absolute atomic E-state index is 13.5. The molecule has 0 fully saturated rings. The van der Waals surface area contributed by atoms with Crippen LogP contribution in [0.4, 0.5) is 0 Å². The molecule has 0 aliphatic rings. The molecule has 0 saturated carbocycles. The second kappa shape index (κ2) is 8.88. The lowest BCUT2D eigenvalue weighted by Crippen LogP contribution is -2.14. The monoisotopic (exact) mass is 428 g/mol. The van der Waals surface area contributed by atoms with Crippen molar-refractivity contribution in [2.24, 2.45) is 0 Å². The summed E-state index contributed by atoms with van der Waals surface area (Å²) < 4.78 is 5.30. The van der Waals surface area contributed by atoms with Crippen LogP contribution in [0.3, 0.4) is 0 Å². The molecule has 4 heteroatoms. The van der Waals surface area contributed by atoms with E-state index in [0.717, 1.165) is 32.9 Å². The zero-order chi connectivity index (χ0) is 22.0. The summed E-state index contributed by atoms with van der Waals surface area (Å²) in [4.78, 5) is 14.6. The van der Waals surface area contributed by atoms with E-state index in [-0.39, 0.29) is 5.78 Å². The average molecular weight is 429 g/mol. The first-order valence-corrected chi connectivity index (χ1v) is 11.0. The molecule has 1 N–H and O–H groups in total. The molecular formula is C27H24O3S. The van der Waals surface area contributed by atoms with E-state index in [4.69, 9.17) is 4.74 Å². The number of Topliss-reactive ketones (excluding diaryl/α,β-unsaturated/α-hetero) is 1. The molecule has 4 rings (SSSR count). The maximum atomic E-state index is 13.5. The van der Waals surface area contributed by atoms with Crippen molar-refractivity contribution in [3.8, 4) is 27.3 Å². The summed E-state index contributed by atoms with van der Waals surface area (Å²) >= 11 is 1.66. The van der Waals surface area contributed by atoms with Crippen LogP contribution in [0.2, 0.25) is 0 Å². The Morgan fingerprint density at radius 3 is 2.39 bits per heavy atom. The Labute approximate surface area is 186 Å². The summed E-state index contributed by atoms with van der Waals surface area (Å²) in [5.41, 5.74) is 5.91. The van der Waals surface area contributed by atoms with E-state index in [1.807, 2.05) is 49.4 Å². The standard InChI is InChI=1S/C27H24O3S/c1-17-14-24(31-16-17)21-10-7-11-22(25(21)19-8-5-4-6-9-19)27(29)26(28)20-12-13-23(30-3)18(2)15-20/h4-16,26,28H,1-3H3. The smallest absolute Gasteiger partial charge is 0.196 e. The van der Waals surface area contributed by atoms with Crippen LogP contribution in [0.1, 0.15) is 33.2 Å². The molecule has 0 aliphatic heterocycles. The van der Waals surface area contributed by atoms with Gasteiger partial charge in [-0.05, 0) is 59.7 Å². The molecule has 3 aromatic carbocycles. The predicted octanol–water partition coefficient (Wildman–Crippen LogP) is 6.62. The highest BCUT2D eigenvalue weighted by Gasteiger charge is 2.25. The van der Waals surface area contributed by atoms with Crippen LogP contribution in [0.15, 0.2) is 78.2 Å². The van der Waals surface area contributed by atoms with E-state index in [0.29, 0.717) is 11.1 Å². The fourth-order valence-corrected chi connectivity index (χ4v) is 4.75.